The Morgan fingerprint density at radius 1 is 0.336 bits per heavy atom. The van der Waals surface area contributed by atoms with E-state index in [-0.39, 0.29) is 78.4 Å². The quantitative estimate of drug-likeness (QED) is 0.0164. The van der Waals surface area contributed by atoms with Crippen molar-refractivity contribution < 1.29 is 95.4 Å². The van der Waals surface area contributed by atoms with Crippen LogP contribution < -0.4 is 23.7 Å². The summed E-state index contributed by atoms with van der Waals surface area (Å²) in [6.45, 7) is 17.1. The fourth-order valence-electron chi connectivity index (χ4n) is 11.8. The first-order valence-corrected chi connectivity index (χ1v) is 39.0. The SMILES string of the molecule is C=CCc1cc2cc(C(=O)C[C@H](C)C(=O)OC)sc2cc1OC.COC(=O)[C@@H](C)CC(=O)c1cc2cc(C/C=C/Cc3cc4cc(C(=O)CC(C)C)sc4cc3OC)c(OC)cc2s1.COC(=O)[C@@H](C)CC(=O)c1cc2cc(C/C=C/c3cc4cc(C(=O)CC(C)C)sc4cc3OC)c(OC)cc2s1.O=C=O.O=C=O. The number of allylic oxidation sites excluding steroid dienone is 4. The van der Waals surface area contributed by atoms with Crippen LogP contribution >= 0.6 is 56.7 Å². The van der Waals surface area contributed by atoms with Crippen LogP contribution in [0.5, 0.6) is 28.7 Å². The number of ether oxygens (including phenoxy) is 8. The van der Waals surface area contributed by atoms with Gasteiger partial charge in [0, 0.05) is 61.2 Å². The van der Waals surface area contributed by atoms with Crippen LogP contribution in [-0.4, -0.2) is 116 Å². The van der Waals surface area contributed by atoms with Crippen molar-refractivity contribution in [3.05, 3.63) is 174 Å². The summed E-state index contributed by atoms with van der Waals surface area (Å²) in [5, 5.41) is 5.01. The van der Waals surface area contributed by atoms with Crippen LogP contribution in [0.1, 0.15) is 157 Å². The zero-order valence-electron chi connectivity index (χ0n) is 64.2. The number of carbonyl (C=O) groups excluding carboxylic acids is 12. The largest absolute Gasteiger partial charge is 0.496 e. The lowest BCUT2D eigenvalue weighted by Crippen LogP contribution is -2.16. The predicted molar refractivity (Wildman–Crippen MR) is 433 cm³/mol. The van der Waals surface area contributed by atoms with E-state index >= 15 is 0 Å². The minimum atomic E-state index is -0.490. The van der Waals surface area contributed by atoms with Gasteiger partial charge in [0.05, 0.1) is 99.0 Å². The molecular formula is C85H90O20S5. The first-order chi connectivity index (χ1) is 52.6. The average molecular weight is 1590 g/mol. The number of hydrogen-bond donors (Lipinski definition) is 0. The molecule has 0 N–H and O–H groups in total. The summed E-state index contributed by atoms with van der Waals surface area (Å²) >= 11 is 7.25. The molecule has 10 aromatic rings. The molecule has 20 nitrogen and oxygen atoms in total. The highest BCUT2D eigenvalue weighted by Gasteiger charge is 2.25. The van der Waals surface area contributed by atoms with Gasteiger partial charge in [-0.1, -0.05) is 78.8 Å². The lowest BCUT2D eigenvalue weighted by atomic mass is 10.0. The van der Waals surface area contributed by atoms with Gasteiger partial charge in [0.15, 0.2) is 28.9 Å². The molecule has 5 aromatic heterocycles. The Hall–Kier alpha value is -10.4. The van der Waals surface area contributed by atoms with E-state index in [1.54, 1.807) is 56.3 Å². The molecule has 110 heavy (non-hydrogen) atoms. The molecule has 0 aliphatic rings. The van der Waals surface area contributed by atoms with E-state index in [2.05, 4.69) is 75.4 Å². The number of thiophene rings is 5. The predicted octanol–water partition coefficient (Wildman–Crippen LogP) is 18.9. The molecule has 580 valence electrons. The molecular weight excluding hydrogens is 1500 g/mol. The number of methoxy groups -OCH3 is 8. The van der Waals surface area contributed by atoms with Crippen LogP contribution in [0, 0.1) is 29.6 Å². The van der Waals surface area contributed by atoms with E-state index in [4.69, 9.17) is 52.3 Å². The van der Waals surface area contributed by atoms with Crippen LogP contribution in [0.25, 0.3) is 56.5 Å². The third-order valence-electron chi connectivity index (χ3n) is 17.2. The van der Waals surface area contributed by atoms with E-state index < -0.39 is 17.8 Å². The Bertz CT molecular complexity index is 5080. The minimum absolute atomic E-state index is 0.0478. The summed E-state index contributed by atoms with van der Waals surface area (Å²) in [7, 11) is 12.2. The summed E-state index contributed by atoms with van der Waals surface area (Å²) in [5.74, 6) is 2.11. The maximum Gasteiger partial charge on any atom is 0.373 e. The van der Waals surface area contributed by atoms with Crippen molar-refractivity contribution in [3.63, 3.8) is 0 Å². The van der Waals surface area contributed by atoms with Gasteiger partial charge in [-0.15, -0.1) is 63.3 Å². The molecule has 10 rings (SSSR count). The summed E-state index contributed by atoms with van der Waals surface area (Å²) in [6.07, 6.45) is 14.7. The van der Waals surface area contributed by atoms with Crippen molar-refractivity contribution in [2.45, 2.75) is 106 Å². The van der Waals surface area contributed by atoms with Crippen molar-refractivity contribution in [2.75, 3.05) is 56.9 Å². The van der Waals surface area contributed by atoms with E-state index in [1.165, 1.54) is 78.0 Å². The number of esters is 3. The zero-order chi connectivity index (χ0) is 81.1. The van der Waals surface area contributed by atoms with Gasteiger partial charge in [0.1, 0.15) is 28.7 Å². The van der Waals surface area contributed by atoms with Crippen molar-refractivity contribution >= 4 is 172 Å². The van der Waals surface area contributed by atoms with Gasteiger partial charge < -0.3 is 37.9 Å². The second-order valence-electron chi connectivity index (χ2n) is 26.3. The molecule has 5 heterocycles. The van der Waals surface area contributed by atoms with Gasteiger partial charge >= 0.3 is 30.2 Å². The third-order valence-corrected chi connectivity index (χ3v) is 22.9. The highest BCUT2D eigenvalue weighted by Crippen LogP contribution is 2.40. The van der Waals surface area contributed by atoms with Crippen LogP contribution in [0.4, 0.5) is 0 Å². The topological polar surface area (TPSA) is 279 Å². The molecule has 3 atom stereocenters. The van der Waals surface area contributed by atoms with Gasteiger partial charge in [0.25, 0.3) is 0 Å². The maximum absolute atomic E-state index is 12.8. The first kappa shape index (κ1) is 88.5. The minimum Gasteiger partial charge on any atom is -0.496 e. The third kappa shape index (κ3) is 24.3. The number of fused-ring (bicyclic) bond motifs is 5. The van der Waals surface area contributed by atoms with Gasteiger partial charge in [-0.3, -0.25) is 38.4 Å². The first-order valence-electron chi connectivity index (χ1n) is 34.9. The van der Waals surface area contributed by atoms with Crippen LogP contribution in [-0.2, 0) is 73.5 Å². The summed E-state index contributed by atoms with van der Waals surface area (Å²) in [5.41, 5.74) is 5.03. The highest BCUT2D eigenvalue weighted by atomic mass is 32.1. The Balaban J connectivity index is 0.000000257. The highest BCUT2D eigenvalue weighted by molar-refractivity contribution is 7.22. The van der Waals surface area contributed by atoms with Crippen molar-refractivity contribution in [3.8, 4) is 28.7 Å². The normalized spacial score (nSPS) is 11.8. The Morgan fingerprint density at radius 2 is 0.573 bits per heavy atom. The molecule has 0 spiro atoms. The number of hydrogen-bond acceptors (Lipinski definition) is 25. The summed E-state index contributed by atoms with van der Waals surface area (Å²) in [6, 6.07) is 29.8. The number of benzene rings is 5. The second kappa shape index (κ2) is 43.1. The Labute approximate surface area is 658 Å². The van der Waals surface area contributed by atoms with Crippen molar-refractivity contribution in [1.82, 2.24) is 0 Å². The molecule has 0 amide bonds. The van der Waals surface area contributed by atoms with Crippen LogP contribution in [0.3, 0.4) is 0 Å². The Kier molecular flexibility index (Phi) is 34.7. The van der Waals surface area contributed by atoms with E-state index in [0.717, 1.165) is 117 Å². The molecule has 5 aromatic carbocycles. The summed E-state index contributed by atoms with van der Waals surface area (Å²) in [4.78, 5) is 134. The average Bonchev–Trinajstić information content (AvgIpc) is 1.67. The molecule has 0 aliphatic carbocycles. The smallest absolute Gasteiger partial charge is 0.373 e. The van der Waals surface area contributed by atoms with E-state index in [1.807, 2.05) is 84.9 Å². The maximum atomic E-state index is 12.8. The molecule has 0 saturated heterocycles. The molecule has 0 unspecified atom stereocenters. The van der Waals surface area contributed by atoms with E-state index in [0.29, 0.717) is 65.0 Å². The van der Waals surface area contributed by atoms with Gasteiger partial charge in [-0.2, -0.15) is 19.2 Å². The van der Waals surface area contributed by atoms with Crippen molar-refractivity contribution in [1.29, 1.82) is 0 Å². The lowest BCUT2D eigenvalue weighted by molar-refractivity contribution is -0.193. The molecule has 0 saturated carbocycles. The van der Waals surface area contributed by atoms with Crippen LogP contribution in [0.15, 0.2) is 122 Å². The fourth-order valence-corrected chi connectivity index (χ4v) is 16.9. The number of rotatable bonds is 32. The monoisotopic (exact) mass is 1590 g/mol. The van der Waals surface area contributed by atoms with Crippen LogP contribution in [0.2, 0.25) is 0 Å². The molecule has 25 heteroatoms. The fraction of sp³-hybridized carbons (Fsp3) is 0.341. The Morgan fingerprint density at radius 3 is 0.818 bits per heavy atom. The van der Waals surface area contributed by atoms with Crippen molar-refractivity contribution in [2.24, 2.45) is 29.6 Å². The zero-order valence-corrected chi connectivity index (χ0v) is 68.3. The standard InChI is InChI=1S/C33H36O6S2.C32H34O6S2.C18H20O4S.2CO2/c1-19(2)11-25(34)31-15-23-13-21(27(37-4)17-29(23)40-31)9-7-8-10-22-14-24-16-32(41-30(24)18-28(22)38-5)26(35)12-20(3)33(36)39-6;1-18(2)10-24(33)30-14-22-12-20(26(36-4)16-28(22)39-30)8-7-9-21-13-23-15-31(40-29(23)17-27(21)37-5)25(34)11-19(3)32(35)38-6;1-5-6-12-8-13-9-17(23-16(13)10-15(12)21-3)14(19)7-11(2)18(20)22-4;2*2-1-3/h7-8,13-20H,9-12H2,1-6H3;7-8,12-19H,9-11H2,1-6H3;5,8-11H,1,6-7H2,2-4H3;;/b2*8-7+;;;/t20-;19-;11-;;/m000../s1. The molecule has 0 fully saturated rings. The lowest BCUT2D eigenvalue weighted by Gasteiger charge is -2.08. The van der Waals surface area contributed by atoms with Gasteiger partial charge in [0.2, 0.25) is 0 Å². The van der Waals surface area contributed by atoms with Gasteiger partial charge in [-0.25, -0.2) is 0 Å². The summed E-state index contributed by atoms with van der Waals surface area (Å²) < 4.78 is 47.2. The second-order valence-corrected chi connectivity index (χ2v) is 31.8. The molecule has 0 radical (unpaired) electrons. The number of carbonyl (C=O) groups is 8. The number of Topliss-reactive ketones (excluding diaryl/α,β-unsaturated/α-hetero) is 5. The van der Waals surface area contributed by atoms with Gasteiger partial charge in [-0.05, 0) is 178 Å². The number of ketones is 5. The molecule has 0 bridgehead atoms. The molecule has 0 aliphatic heterocycles. The van der Waals surface area contributed by atoms with E-state index in [9.17, 15) is 38.4 Å².